The molecule has 27 heavy (non-hydrogen) atoms. The second-order valence-corrected chi connectivity index (χ2v) is 8.06. The Balaban J connectivity index is 1.57. The smallest absolute Gasteiger partial charge is 0.285 e. The Morgan fingerprint density at radius 2 is 1.81 bits per heavy atom. The van der Waals surface area contributed by atoms with Crippen LogP contribution in [0.5, 0.6) is 0 Å². The molecule has 0 bridgehead atoms. The summed E-state index contributed by atoms with van der Waals surface area (Å²) < 4.78 is 34.2. The fourth-order valence-electron chi connectivity index (χ4n) is 4.24. The Morgan fingerprint density at radius 3 is 2.41 bits per heavy atom. The molecule has 0 unspecified atom stereocenters. The topological polar surface area (TPSA) is 51.5 Å². The van der Waals surface area contributed by atoms with Crippen molar-refractivity contribution in [3.63, 3.8) is 0 Å². The SMILES string of the molecule is CC(=O)c1ccc(C(C)(F)F)n(CCCCN2CC3(CCOCC3)C2)c1=O. The third kappa shape index (κ3) is 4.46. The van der Waals surface area contributed by atoms with Gasteiger partial charge in [0.15, 0.2) is 5.78 Å². The van der Waals surface area contributed by atoms with Crippen molar-refractivity contribution >= 4 is 5.78 Å². The van der Waals surface area contributed by atoms with Crippen molar-refractivity contribution < 1.29 is 18.3 Å². The molecule has 5 nitrogen and oxygen atoms in total. The summed E-state index contributed by atoms with van der Waals surface area (Å²) in [7, 11) is 0. The number of ether oxygens (including phenoxy) is 1. The Morgan fingerprint density at radius 1 is 1.19 bits per heavy atom. The normalized spacial score (nSPS) is 19.9. The van der Waals surface area contributed by atoms with E-state index in [1.807, 2.05) is 0 Å². The molecule has 0 amide bonds. The molecular formula is C20H28F2N2O3. The van der Waals surface area contributed by atoms with Crippen LogP contribution in [0.2, 0.25) is 0 Å². The van der Waals surface area contributed by atoms with Gasteiger partial charge in [-0.2, -0.15) is 0 Å². The number of likely N-dealkylation sites (tertiary alicyclic amines) is 1. The van der Waals surface area contributed by atoms with Gasteiger partial charge in [0.05, 0.1) is 11.3 Å². The van der Waals surface area contributed by atoms with Crippen molar-refractivity contribution in [2.24, 2.45) is 5.41 Å². The van der Waals surface area contributed by atoms with Crippen LogP contribution < -0.4 is 5.56 Å². The lowest BCUT2D eigenvalue weighted by atomic mass is 9.73. The number of rotatable bonds is 7. The van der Waals surface area contributed by atoms with Gasteiger partial charge in [0.25, 0.3) is 11.5 Å². The molecule has 0 atom stereocenters. The molecule has 150 valence electrons. The van der Waals surface area contributed by atoms with E-state index in [0.29, 0.717) is 11.8 Å². The van der Waals surface area contributed by atoms with Crippen molar-refractivity contribution in [3.05, 3.63) is 33.7 Å². The summed E-state index contributed by atoms with van der Waals surface area (Å²) in [4.78, 5) is 26.4. The van der Waals surface area contributed by atoms with Crippen molar-refractivity contribution in [3.8, 4) is 0 Å². The fourth-order valence-corrected chi connectivity index (χ4v) is 4.24. The molecule has 0 saturated carbocycles. The number of alkyl halides is 2. The Hall–Kier alpha value is -1.60. The Kier molecular flexibility index (Phi) is 5.82. The highest BCUT2D eigenvalue weighted by Crippen LogP contribution is 2.39. The van der Waals surface area contributed by atoms with E-state index in [2.05, 4.69) is 4.90 Å². The number of carbonyl (C=O) groups excluding carboxylic acids is 1. The first-order valence-corrected chi connectivity index (χ1v) is 9.65. The third-order valence-electron chi connectivity index (χ3n) is 5.78. The van der Waals surface area contributed by atoms with E-state index in [9.17, 15) is 18.4 Å². The van der Waals surface area contributed by atoms with Crippen LogP contribution in [0.3, 0.4) is 0 Å². The summed E-state index contributed by atoms with van der Waals surface area (Å²) in [5.74, 6) is -3.52. The first-order chi connectivity index (χ1) is 12.7. The standard InChI is InChI=1S/C20H28F2N2O3/c1-15(25)16-5-6-17(19(2,21)22)24(18(16)26)10-4-3-9-23-13-20(14-23)7-11-27-12-8-20/h5-6H,3-4,7-14H2,1-2H3. The molecule has 1 aromatic heterocycles. The van der Waals surface area contributed by atoms with Crippen LogP contribution in [-0.2, 0) is 17.2 Å². The van der Waals surface area contributed by atoms with E-state index in [1.165, 1.54) is 19.1 Å². The van der Waals surface area contributed by atoms with Crippen LogP contribution >= 0.6 is 0 Å². The van der Waals surface area contributed by atoms with Crippen LogP contribution in [0, 0.1) is 5.41 Å². The van der Waals surface area contributed by atoms with Crippen LogP contribution in [0.1, 0.15) is 55.6 Å². The zero-order valence-electron chi connectivity index (χ0n) is 16.1. The predicted molar refractivity (Wildman–Crippen MR) is 98.4 cm³/mol. The Labute approximate surface area is 158 Å². The zero-order chi connectivity index (χ0) is 19.7. The number of Topliss-reactive ketones (excluding diaryl/α,β-unsaturated/α-hetero) is 1. The number of nitrogens with zero attached hydrogens (tertiary/aromatic N) is 2. The summed E-state index contributed by atoms with van der Waals surface area (Å²) >= 11 is 0. The second kappa shape index (κ2) is 7.80. The molecule has 1 aromatic rings. The lowest BCUT2D eigenvalue weighted by Gasteiger charge is -2.52. The summed E-state index contributed by atoms with van der Waals surface area (Å²) in [5, 5.41) is 0. The van der Waals surface area contributed by atoms with E-state index in [4.69, 9.17) is 4.74 Å². The number of unbranched alkanes of at least 4 members (excludes halogenated alkanes) is 1. The molecule has 0 aromatic carbocycles. The highest BCUT2D eigenvalue weighted by atomic mass is 19.3. The van der Waals surface area contributed by atoms with Gasteiger partial charge < -0.3 is 14.2 Å². The highest BCUT2D eigenvalue weighted by Gasteiger charge is 2.43. The molecule has 2 aliphatic heterocycles. The molecule has 0 radical (unpaired) electrons. The zero-order valence-corrected chi connectivity index (χ0v) is 16.1. The molecule has 7 heteroatoms. The molecule has 3 heterocycles. The third-order valence-corrected chi connectivity index (χ3v) is 5.78. The largest absolute Gasteiger partial charge is 0.381 e. The van der Waals surface area contributed by atoms with Gasteiger partial charge in [-0.1, -0.05) is 0 Å². The van der Waals surface area contributed by atoms with Crippen molar-refractivity contribution in [2.75, 3.05) is 32.8 Å². The number of hydrogen-bond acceptors (Lipinski definition) is 4. The minimum atomic E-state index is -3.12. The lowest BCUT2D eigenvalue weighted by molar-refractivity contribution is -0.0807. The van der Waals surface area contributed by atoms with Gasteiger partial charge in [-0.05, 0) is 51.3 Å². The average Bonchev–Trinajstić information content (AvgIpc) is 2.57. The van der Waals surface area contributed by atoms with Crippen molar-refractivity contribution in [1.29, 1.82) is 0 Å². The van der Waals surface area contributed by atoms with Crippen molar-refractivity contribution in [1.82, 2.24) is 9.47 Å². The number of pyridine rings is 1. The summed E-state index contributed by atoms with van der Waals surface area (Å²) in [5.41, 5.74) is -0.566. The van der Waals surface area contributed by atoms with Crippen molar-refractivity contribution in [2.45, 2.75) is 52.0 Å². The predicted octanol–water partition coefficient (Wildman–Crippen LogP) is 3.06. The first-order valence-electron chi connectivity index (χ1n) is 9.65. The van der Waals surface area contributed by atoms with Crippen LogP contribution in [0.15, 0.2) is 16.9 Å². The second-order valence-electron chi connectivity index (χ2n) is 8.06. The number of ketones is 1. The number of hydrogen-bond donors (Lipinski definition) is 0. The lowest BCUT2D eigenvalue weighted by Crippen LogP contribution is -2.58. The number of aromatic nitrogens is 1. The summed E-state index contributed by atoms with van der Waals surface area (Å²) in [6.07, 6.45) is 3.69. The maximum Gasteiger partial charge on any atom is 0.285 e. The van der Waals surface area contributed by atoms with Crippen LogP contribution in [-0.4, -0.2) is 48.1 Å². The van der Waals surface area contributed by atoms with E-state index < -0.39 is 17.3 Å². The van der Waals surface area contributed by atoms with Gasteiger partial charge in [-0.15, -0.1) is 0 Å². The van der Waals surface area contributed by atoms with E-state index in [1.54, 1.807) is 0 Å². The minimum Gasteiger partial charge on any atom is -0.381 e. The summed E-state index contributed by atoms with van der Waals surface area (Å²) in [6, 6.07) is 2.41. The molecule has 2 aliphatic rings. The minimum absolute atomic E-state index is 0.0350. The monoisotopic (exact) mass is 382 g/mol. The molecule has 0 aliphatic carbocycles. The van der Waals surface area contributed by atoms with E-state index >= 15 is 0 Å². The molecule has 0 N–H and O–H groups in total. The van der Waals surface area contributed by atoms with Gasteiger partial charge in [-0.3, -0.25) is 9.59 Å². The molecule has 2 fully saturated rings. The molecular weight excluding hydrogens is 354 g/mol. The van der Waals surface area contributed by atoms with Gasteiger partial charge in [-0.25, -0.2) is 8.78 Å². The maximum atomic E-state index is 13.9. The van der Waals surface area contributed by atoms with Gasteiger partial charge >= 0.3 is 0 Å². The molecule has 1 spiro atoms. The quantitative estimate of drug-likeness (QED) is 0.537. The maximum absolute atomic E-state index is 13.9. The van der Waals surface area contributed by atoms with Gasteiger partial charge in [0.2, 0.25) is 0 Å². The van der Waals surface area contributed by atoms with Gasteiger partial charge in [0.1, 0.15) is 0 Å². The number of halogens is 2. The van der Waals surface area contributed by atoms with Crippen LogP contribution in [0.25, 0.3) is 0 Å². The fraction of sp³-hybridized carbons (Fsp3) is 0.700. The highest BCUT2D eigenvalue weighted by molar-refractivity contribution is 5.93. The van der Waals surface area contributed by atoms with Crippen LogP contribution in [0.4, 0.5) is 8.78 Å². The summed E-state index contributed by atoms with van der Waals surface area (Å²) in [6.45, 7) is 7.00. The molecule has 3 rings (SSSR count). The van der Waals surface area contributed by atoms with E-state index in [0.717, 1.165) is 63.6 Å². The first kappa shape index (κ1) is 20.1. The van der Waals surface area contributed by atoms with Gasteiger partial charge in [0, 0.05) is 45.2 Å². The number of carbonyl (C=O) groups is 1. The Bertz CT molecular complexity index is 741. The average molecular weight is 382 g/mol. The van der Waals surface area contributed by atoms with E-state index in [-0.39, 0.29) is 17.8 Å². The molecule has 2 saturated heterocycles.